The lowest BCUT2D eigenvalue weighted by molar-refractivity contribution is 0.303. The molecule has 1 nitrogen and oxygen atoms in total. The third kappa shape index (κ3) is 6.20. The second-order valence-electron chi connectivity index (χ2n) is 7.45. The van der Waals surface area contributed by atoms with Gasteiger partial charge in [-0.15, -0.1) is 0 Å². The predicted molar refractivity (Wildman–Crippen MR) is 113 cm³/mol. The van der Waals surface area contributed by atoms with Crippen molar-refractivity contribution in [3.8, 4) is 5.75 Å². The summed E-state index contributed by atoms with van der Waals surface area (Å²) in [4.78, 5) is 0. The van der Waals surface area contributed by atoms with E-state index < -0.39 is 0 Å². The van der Waals surface area contributed by atoms with E-state index in [0.717, 1.165) is 31.6 Å². The van der Waals surface area contributed by atoms with Crippen molar-refractivity contribution in [1.29, 1.82) is 0 Å². The van der Waals surface area contributed by atoms with Crippen molar-refractivity contribution < 1.29 is 4.74 Å². The highest BCUT2D eigenvalue weighted by Gasteiger charge is 2.08. The SMILES string of the molecule is CCCCCCOc1ccc(CCc2ccc(CCC)cc2)c(C)c1C. The van der Waals surface area contributed by atoms with Crippen molar-refractivity contribution in [2.24, 2.45) is 0 Å². The molecule has 0 amide bonds. The molecule has 0 aromatic heterocycles. The van der Waals surface area contributed by atoms with Crippen LogP contribution in [0.4, 0.5) is 0 Å². The van der Waals surface area contributed by atoms with Crippen molar-refractivity contribution in [2.45, 2.75) is 79.1 Å². The van der Waals surface area contributed by atoms with Crippen LogP contribution in [0.15, 0.2) is 36.4 Å². The summed E-state index contributed by atoms with van der Waals surface area (Å²) in [7, 11) is 0. The maximum Gasteiger partial charge on any atom is 0.122 e. The Hall–Kier alpha value is -1.76. The highest BCUT2D eigenvalue weighted by Crippen LogP contribution is 2.25. The quantitative estimate of drug-likeness (QED) is 0.396. The molecular weight excluding hydrogens is 316 g/mol. The highest BCUT2D eigenvalue weighted by atomic mass is 16.5. The van der Waals surface area contributed by atoms with Gasteiger partial charge in [0.05, 0.1) is 6.61 Å². The van der Waals surface area contributed by atoms with Crippen LogP contribution >= 0.6 is 0 Å². The molecule has 0 spiro atoms. The fraction of sp³-hybridized carbons (Fsp3) is 0.520. The van der Waals surface area contributed by atoms with Crippen molar-refractivity contribution in [1.82, 2.24) is 0 Å². The third-order valence-electron chi connectivity index (χ3n) is 5.35. The summed E-state index contributed by atoms with van der Waals surface area (Å²) in [5.41, 5.74) is 7.01. The Bertz CT molecular complexity index is 655. The van der Waals surface area contributed by atoms with Gasteiger partial charge in [0.25, 0.3) is 0 Å². The lowest BCUT2D eigenvalue weighted by Crippen LogP contribution is -2.02. The van der Waals surface area contributed by atoms with Crippen LogP contribution in [-0.4, -0.2) is 6.61 Å². The van der Waals surface area contributed by atoms with Crippen molar-refractivity contribution in [3.63, 3.8) is 0 Å². The molecule has 2 rings (SSSR count). The average molecular weight is 353 g/mol. The zero-order valence-electron chi connectivity index (χ0n) is 17.2. The van der Waals surface area contributed by atoms with Crippen LogP contribution in [-0.2, 0) is 19.3 Å². The van der Waals surface area contributed by atoms with Gasteiger partial charge in [-0.05, 0) is 73.4 Å². The monoisotopic (exact) mass is 352 g/mol. The molecule has 0 unspecified atom stereocenters. The van der Waals surface area contributed by atoms with Gasteiger partial charge in [0.15, 0.2) is 0 Å². The van der Waals surface area contributed by atoms with Crippen molar-refractivity contribution in [3.05, 3.63) is 64.2 Å². The molecule has 0 aliphatic carbocycles. The van der Waals surface area contributed by atoms with Crippen LogP contribution in [0.3, 0.4) is 0 Å². The van der Waals surface area contributed by atoms with Gasteiger partial charge in [0, 0.05) is 0 Å². The number of aryl methyl sites for hydroxylation is 3. The summed E-state index contributed by atoms with van der Waals surface area (Å²) in [6, 6.07) is 13.6. The Kier molecular flexibility index (Phi) is 8.74. The van der Waals surface area contributed by atoms with Gasteiger partial charge in [0.1, 0.15) is 5.75 Å². The molecule has 26 heavy (non-hydrogen) atoms. The van der Waals surface area contributed by atoms with E-state index in [1.54, 1.807) is 0 Å². The number of benzene rings is 2. The minimum absolute atomic E-state index is 0.837. The first-order valence-corrected chi connectivity index (χ1v) is 10.4. The summed E-state index contributed by atoms with van der Waals surface area (Å²) in [6.07, 6.45) is 9.59. The Morgan fingerprint density at radius 3 is 2.00 bits per heavy atom. The average Bonchev–Trinajstić information content (AvgIpc) is 2.65. The Morgan fingerprint density at radius 1 is 0.654 bits per heavy atom. The summed E-state index contributed by atoms with van der Waals surface area (Å²) in [6.45, 7) is 9.74. The predicted octanol–water partition coefficient (Wildman–Crippen LogP) is 7.00. The lowest BCUT2D eigenvalue weighted by atomic mass is 9.96. The van der Waals surface area contributed by atoms with E-state index in [0.29, 0.717) is 0 Å². The molecule has 0 N–H and O–H groups in total. The molecule has 0 saturated heterocycles. The molecule has 0 heterocycles. The zero-order valence-corrected chi connectivity index (χ0v) is 17.2. The first-order chi connectivity index (χ1) is 12.7. The maximum atomic E-state index is 6.02. The van der Waals surface area contributed by atoms with Crippen LogP contribution in [0.1, 0.15) is 73.8 Å². The Balaban J connectivity index is 1.90. The molecule has 2 aromatic carbocycles. The maximum absolute atomic E-state index is 6.02. The Morgan fingerprint density at radius 2 is 1.35 bits per heavy atom. The molecule has 0 atom stereocenters. The van der Waals surface area contributed by atoms with E-state index >= 15 is 0 Å². The fourth-order valence-electron chi connectivity index (χ4n) is 3.43. The lowest BCUT2D eigenvalue weighted by Gasteiger charge is -2.15. The first kappa shape index (κ1) is 20.6. The largest absolute Gasteiger partial charge is 0.493 e. The van der Waals surface area contributed by atoms with Gasteiger partial charge < -0.3 is 4.74 Å². The molecule has 0 saturated carbocycles. The number of unbranched alkanes of at least 4 members (excludes halogenated alkanes) is 3. The van der Waals surface area contributed by atoms with Gasteiger partial charge in [0.2, 0.25) is 0 Å². The molecule has 142 valence electrons. The van der Waals surface area contributed by atoms with Crippen LogP contribution in [0.25, 0.3) is 0 Å². The van der Waals surface area contributed by atoms with Crippen molar-refractivity contribution in [2.75, 3.05) is 6.61 Å². The standard InChI is InChI=1S/C25H36O/c1-5-7-8-9-19-26-25-18-17-24(20(3)21(25)4)16-15-23-13-11-22(10-6-2)12-14-23/h11-14,17-18H,5-10,15-16,19H2,1-4H3. The Labute approximate surface area is 160 Å². The topological polar surface area (TPSA) is 9.23 Å². The van der Waals surface area contributed by atoms with E-state index in [4.69, 9.17) is 4.74 Å². The smallest absolute Gasteiger partial charge is 0.122 e. The van der Waals surface area contributed by atoms with Gasteiger partial charge in [-0.2, -0.15) is 0 Å². The minimum atomic E-state index is 0.837. The van der Waals surface area contributed by atoms with Gasteiger partial charge in [-0.3, -0.25) is 0 Å². The van der Waals surface area contributed by atoms with Crippen LogP contribution in [0.5, 0.6) is 5.75 Å². The van der Waals surface area contributed by atoms with E-state index in [2.05, 4.69) is 64.1 Å². The minimum Gasteiger partial charge on any atom is -0.493 e. The van der Waals surface area contributed by atoms with Crippen LogP contribution < -0.4 is 4.74 Å². The van der Waals surface area contributed by atoms with E-state index in [-0.39, 0.29) is 0 Å². The molecule has 0 fully saturated rings. The van der Waals surface area contributed by atoms with Crippen LogP contribution in [0.2, 0.25) is 0 Å². The second-order valence-corrected chi connectivity index (χ2v) is 7.45. The van der Waals surface area contributed by atoms with Gasteiger partial charge >= 0.3 is 0 Å². The summed E-state index contributed by atoms with van der Waals surface area (Å²) in [5, 5.41) is 0. The number of hydrogen-bond acceptors (Lipinski definition) is 1. The highest BCUT2D eigenvalue weighted by molar-refractivity contribution is 5.44. The van der Waals surface area contributed by atoms with E-state index in [1.165, 1.54) is 59.9 Å². The second kappa shape index (κ2) is 11.1. The molecule has 2 aromatic rings. The molecule has 0 aliphatic heterocycles. The van der Waals surface area contributed by atoms with Crippen LogP contribution in [0, 0.1) is 13.8 Å². The van der Waals surface area contributed by atoms with Gasteiger partial charge in [-0.1, -0.05) is 69.9 Å². The molecule has 0 aliphatic rings. The van der Waals surface area contributed by atoms with Gasteiger partial charge in [-0.25, -0.2) is 0 Å². The van der Waals surface area contributed by atoms with E-state index in [1.807, 2.05) is 0 Å². The molecule has 0 radical (unpaired) electrons. The first-order valence-electron chi connectivity index (χ1n) is 10.4. The third-order valence-corrected chi connectivity index (χ3v) is 5.35. The molecule has 1 heteroatoms. The zero-order chi connectivity index (χ0) is 18.8. The van der Waals surface area contributed by atoms with Crippen molar-refractivity contribution >= 4 is 0 Å². The summed E-state index contributed by atoms with van der Waals surface area (Å²) >= 11 is 0. The summed E-state index contributed by atoms with van der Waals surface area (Å²) in [5.74, 6) is 1.06. The molecule has 0 bridgehead atoms. The summed E-state index contributed by atoms with van der Waals surface area (Å²) < 4.78 is 6.02. The number of rotatable bonds is 11. The number of hydrogen-bond donors (Lipinski definition) is 0. The van der Waals surface area contributed by atoms with E-state index in [9.17, 15) is 0 Å². The number of ether oxygens (including phenoxy) is 1. The normalized spacial score (nSPS) is 10.9. The molecular formula is C25H36O. The fourth-order valence-corrected chi connectivity index (χ4v) is 3.43.